The van der Waals surface area contributed by atoms with E-state index in [0.717, 1.165) is 44.5 Å². The number of rotatable bonds is 7. The first kappa shape index (κ1) is 21.9. The van der Waals surface area contributed by atoms with Gasteiger partial charge in [0.15, 0.2) is 9.84 Å². The van der Waals surface area contributed by atoms with Gasteiger partial charge in [-0.3, -0.25) is 4.79 Å². The Morgan fingerprint density at radius 1 is 1.20 bits per heavy atom. The normalized spacial score (nSPS) is 15.7. The summed E-state index contributed by atoms with van der Waals surface area (Å²) >= 11 is 0. The number of hydrogen-bond donors (Lipinski definition) is 1. The smallest absolute Gasteiger partial charge is 0.223 e. The zero-order chi connectivity index (χ0) is 17.6. The zero-order valence-corrected chi connectivity index (χ0v) is 16.7. The Morgan fingerprint density at radius 2 is 1.80 bits per heavy atom. The van der Waals surface area contributed by atoms with Crippen molar-refractivity contribution in [3.63, 3.8) is 0 Å². The number of nitrogens with zero attached hydrogens (tertiary/aromatic N) is 1. The number of aryl methyl sites for hydroxylation is 1. The molecular weight excluding hydrogens is 360 g/mol. The van der Waals surface area contributed by atoms with Crippen LogP contribution in [0.2, 0.25) is 0 Å². The van der Waals surface area contributed by atoms with Crippen molar-refractivity contribution in [2.24, 2.45) is 5.92 Å². The van der Waals surface area contributed by atoms with Gasteiger partial charge in [0, 0.05) is 19.5 Å². The predicted octanol–water partition coefficient (Wildman–Crippen LogP) is 2.43. The lowest BCUT2D eigenvalue weighted by atomic mass is 9.93. The molecule has 1 N–H and O–H groups in total. The van der Waals surface area contributed by atoms with Crippen LogP contribution in [0.15, 0.2) is 29.2 Å². The van der Waals surface area contributed by atoms with Crippen LogP contribution in [0.4, 0.5) is 0 Å². The molecule has 25 heavy (non-hydrogen) atoms. The molecule has 1 aromatic rings. The third-order valence-corrected chi connectivity index (χ3v) is 6.47. The largest absolute Gasteiger partial charge is 0.343 e. The molecule has 142 valence electrons. The molecule has 5 nitrogen and oxygen atoms in total. The lowest BCUT2D eigenvalue weighted by molar-refractivity contribution is -0.132. The SMILES string of the molecule is CNCCC1CCN(C(=O)CCS(=O)(=O)c2ccc(C)cc2)CC1.Cl. The minimum absolute atomic E-state index is 0. The van der Waals surface area contributed by atoms with Crippen LogP contribution in [0, 0.1) is 12.8 Å². The van der Waals surface area contributed by atoms with Crippen LogP contribution in [0.25, 0.3) is 0 Å². The molecule has 1 aliphatic heterocycles. The van der Waals surface area contributed by atoms with E-state index in [2.05, 4.69) is 5.32 Å². The number of hydrogen-bond acceptors (Lipinski definition) is 4. The molecule has 1 amide bonds. The quantitative estimate of drug-likeness (QED) is 0.779. The number of benzene rings is 1. The van der Waals surface area contributed by atoms with Crippen LogP contribution >= 0.6 is 12.4 Å². The minimum Gasteiger partial charge on any atom is -0.343 e. The van der Waals surface area contributed by atoms with Crippen LogP contribution in [0.3, 0.4) is 0 Å². The summed E-state index contributed by atoms with van der Waals surface area (Å²) in [6.45, 7) is 4.42. The summed E-state index contributed by atoms with van der Waals surface area (Å²) in [5.41, 5.74) is 1.02. The topological polar surface area (TPSA) is 66.5 Å². The third kappa shape index (κ3) is 6.60. The van der Waals surface area contributed by atoms with E-state index in [-0.39, 0.29) is 30.5 Å². The number of carbonyl (C=O) groups excluding carboxylic acids is 1. The highest BCUT2D eigenvalue weighted by atomic mass is 35.5. The molecule has 2 rings (SSSR count). The average Bonchev–Trinajstić information content (AvgIpc) is 2.59. The Hall–Kier alpha value is -1.11. The molecule has 0 radical (unpaired) electrons. The average molecular weight is 389 g/mol. The lowest BCUT2D eigenvalue weighted by Crippen LogP contribution is -2.39. The van der Waals surface area contributed by atoms with E-state index in [9.17, 15) is 13.2 Å². The van der Waals surface area contributed by atoms with Gasteiger partial charge in [0.05, 0.1) is 10.6 Å². The van der Waals surface area contributed by atoms with Crippen LogP contribution in [-0.4, -0.2) is 51.7 Å². The Morgan fingerprint density at radius 3 is 2.36 bits per heavy atom. The zero-order valence-electron chi connectivity index (χ0n) is 15.0. The van der Waals surface area contributed by atoms with Crippen molar-refractivity contribution in [1.82, 2.24) is 10.2 Å². The van der Waals surface area contributed by atoms with Crippen molar-refractivity contribution in [2.45, 2.75) is 37.5 Å². The Labute approximate surface area is 157 Å². The van der Waals surface area contributed by atoms with Crippen molar-refractivity contribution >= 4 is 28.2 Å². The van der Waals surface area contributed by atoms with Crippen molar-refractivity contribution < 1.29 is 13.2 Å². The Bertz CT molecular complexity index is 639. The number of likely N-dealkylation sites (tertiary alicyclic amines) is 1. The van der Waals surface area contributed by atoms with Crippen molar-refractivity contribution in [3.05, 3.63) is 29.8 Å². The van der Waals surface area contributed by atoms with Gasteiger partial charge in [0.1, 0.15) is 0 Å². The standard InChI is InChI=1S/C18H28N2O3S.ClH/c1-15-3-5-17(6-4-15)24(22,23)14-10-18(21)20-12-8-16(9-13-20)7-11-19-2;/h3-6,16,19H,7-14H2,1-2H3;1H. The van der Waals surface area contributed by atoms with E-state index in [4.69, 9.17) is 0 Å². The fraction of sp³-hybridized carbons (Fsp3) is 0.611. The molecule has 7 heteroatoms. The molecular formula is C18H29ClN2O3S. The molecule has 0 spiro atoms. The lowest BCUT2D eigenvalue weighted by Gasteiger charge is -2.32. The Balaban J connectivity index is 0.00000312. The fourth-order valence-corrected chi connectivity index (χ4v) is 4.29. The summed E-state index contributed by atoms with van der Waals surface area (Å²) in [4.78, 5) is 14.4. The van der Waals surface area contributed by atoms with Gasteiger partial charge in [-0.15, -0.1) is 12.4 Å². The van der Waals surface area contributed by atoms with Gasteiger partial charge in [0.25, 0.3) is 0 Å². The monoisotopic (exact) mass is 388 g/mol. The number of carbonyl (C=O) groups is 1. The maximum Gasteiger partial charge on any atom is 0.223 e. The highest BCUT2D eigenvalue weighted by Crippen LogP contribution is 2.21. The molecule has 1 aromatic carbocycles. The second kappa shape index (κ2) is 10.1. The summed E-state index contributed by atoms with van der Waals surface area (Å²) in [5.74, 6) is 0.504. The second-order valence-corrected chi connectivity index (χ2v) is 8.71. The van der Waals surface area contributed by atoms with E-state index in [0.29, 0.717) is 10.8 Å². The summed E-state index contributed by atoms with van der Waals surface area (Å²) in [6, 6.07) is 6.79. The highest BCUT2D eigenvalue weighted by Gasteiger charge is 2.24. The maximum atomic E-state index is 12.3. The van der Waals surface area contributed by atoms with Crippen LogP contribution in [0.5, 0.6) is 0 Å². The third-order valence-electron chi connectivity index (χ3n) is 4.73. The number of nitrogens with one attached hydrogen (secondary N) is 1. The summed E-state index contributed by atoms with van der Waals surface area (Å²) in [7, 11) is -1.44. The molecule has 0 atom stereocenters. The maximum absolute atomic E-state index is 12.3. The number of halogens is 1. The fourth-order valence-electron chi connectivity index (χ4n) is 3.06. The van der Waals surface area contributed by atoms with Crippen molar-refractivity contribution in [2.75, 3.05) is 32.4 Å². The first-order chi connectivity index (χ1) is 11.4. The minimum atomic E-state index is -3.39. The predicted molar refractivity (Wildman–Crippen MR) is 103 cm³/mol. The van der Waals surface area contributed by atoms with Gasteiger partial charge in [0.2, 0.25) is 5.91 Å². The summed E-state index contributed by atoms with van der Waals surface area (Å²) < 4.78 is 24.6. The molecule has 1 aliphatic rings. The van der Waals surface area contributed by atoms with Gasteiger partial charge in [-0.1, -0.05) is 17.7 Å². The van der Waals surface area contributed by atoms with Gasteiger partial charge in [-0.05, 0) is 57.8 Å². The molecule has 0 saturated carbocycles. The van der Waals surface area contributed by atoms with E-state index in [1.165, 1.54) is 0 Å². The van der Waals surface area contributed by atoms with E-state index < -0.39 is 9.84 Å². The van der Waals surface area contributed by atoms with Crippen LogP contribution in [-0.2, 0) is 14.6 Å². The number of amides is 1. The second-order valence-electron chi connectivity index (χ2n) is 6.60. The molecule has 0 bridgehead atoms. The number of piperidine rings is 1. The van der Waals surface area contributed by atoms with Gasteiger partial charge in [-0.25, -0.2) is 8.42 Å². The molecule has 1 saturated heterocycles. The van der Waals surface area contributed by atoms with E-state index >= 15 is 0 Å². The van der Waals surface area contributed by atoms with Crippen LogP contribution in [0.1, 0.15) is 31.2 Å². The molecule has 0 aromatic heterocycles. The van der Waals surface area contributed by atoms with Gasteiger partial charge >= 0.3 is 0 Å². The van der Waals surface area contributed by atoms with Crippen molar-refractivity contribution in [1.29, 1.82) is 0 Å². The van der Waals surface area contributed by atoms with Crippen molar-refractivity contribution in [3.8, 4) is 0 Å². The first-order valence-electron chi connectivity index (χ1n) is 8.64. The molecule has 0 aliphatic carbocycles. The van der Waals surface area contributed by atoms with Gasteiger partial charge in [-0.2, -0.15) is 0 Å². The van der Waals surface area contributed by atoms with E-state index in [1.807, 2.05) is 18.9 Å². The van der Waals surface area contributed by atoms with E-state index in [1.54, 1.807) is 24.3 Å². The molecule has 1 heterocycles. The summed E-state index contributed by atoms with van der Waals surface area (Å²) in [5, 5.41) is 3.16. The first-order valence-corrected chi connectivity index (χ1v) is 10.3. The van der Waals surface area contributed by atoms with Gasteiger partial charge < -0.3 is 10.2 Å². The Kier molecular flexibility index (Phi) is 8.89. The van der Waals surface area contributed by atoms with Crippen LogP contribution < -0.4 is 5.32 Å². The summed E-state index contributed by atoms with van der Waals surface area (Å²) in [6.07, 6.45) is 3.23. The highest BCUT2D eigenvalue weighted by molar-refractivity contribution is 7.91. The number of sulfone groups is 1. The molecule has 1 fully saturated rings. The molecule has 0 unspecified atom stereocenters.